The first-order valence-corrected chi connectivity index (χ1v) is 18.4. The molecule has 256 valence electrons. The van der Waals surface area contributed by atoms with Crippen LogP contribution < -0.4 is 10.2 Å². The molecule has 3 unspecified atom stereocenters. The highest BCUT2D eigenvalue weighted by atomic mass is 31.2. The number of hydrogen-bond acceptors (Lipinski definition) is 6. The molecule has 9 heteroatoms. The predicted molar refractivity (Wildman–Crippen MR) is 182 cm³/mol. The van der Waals surface area contributed by atoms with Gasteiger partial charge in [0.25, 0.3) is 7.82 Å². The van der Waals surface area contributed by atoms with Gasteiger partial charge in [-0.15, -0.1) is 0 Å². The number of nitrogens with zero attached hydrogens (tertiary/aromatic N) is 1. The minimum Gasteiger partial charge on any atom is -0.756 e. The van der Waals surface area contributed by atoms with Crippen molar-refractivity contribution in [1.29, 1.82) is 0 Å². The van der Waals surface area contributed by atoms with E-state index in [4.69, 9.17) is 9.05 Å². The summed E-state index contributed by atoms with van der Waals surface area (Å²) in [4.78, 5) is 24.9. The van der Waals surface area contributed by atoms with Crippen LogP contribution in [0.4, 0.5) is 0 Å². The number of carbonyl (C=O) groups excluding carboxylic acids is 1. The largest absolute Gasteiger partial charge is 0.756 e. The van der Waals surface area contributed by atoms with E-state index in [9.17, 15) is 19.4 Å². The zero-order chi connectivity index (χ0) is 32.9. The molecule has 0 saturated carbocycles. The first-order valence-electron chi connectivity index (χ1n) is 17.0. The highest BCUT2D eigenvalue weighted by molar-refractivity contribution is 7.45. The van der Waals surface area contributed by atoms with E-state index in [1.165, 1.54) is 0 Å². The number of quaternary nitrogens is 1. The zero-order valence-electron chi connectivity index (χ0n) is 28.6. The van der Waals surface area contributed by atoms with E-state index in [0.717, 1.165) is 89.9 Å². The van der Waals surface area contributed by atoms with Gasteiger partial charge in [-0.05, 0) is 51.4 Å². The smallest absolute Gasteiger partial charge is 0.268 e. The maximum atomic E-state index is 12.7. The SMILES string of the molecule is CC/C=C\C/C=C\C/C=C\C/C=C\CCCCCCC(=O)NC(COP(=O)([O-])OCC[N+](C)(C)C)C(O)CCCCCCC. The van der Waals surface area contributed by atoms with Crippen molar-refractivity contribution in [2.24, 2.45) is 0 Å². The number of likely N-dealkylation sites (N-methyl/N-ethyl adjacent to an activating group) is 1. The molecule has 8 nitrogen and oxygen atoms in total. The molecule has 0 aliphatic heterocycles. The fourth-order valence-corrected chi connectivity index (χ4v) is 5.04. The summed E-state index contributed by atoms with van der Waals surface area (Å²) < 4.78 is 22.9. The highest BCUT2D eigenvalue weighted by Crippen LogP contribution is 2.38. The molecule has 0 aromatic carbocycles. The Balaban J connectivity index is 4.40. The molecule has 0 heterocycles. The quantitative estimate of drug-likeness (QED) is 0.0378. The normalized spacial score (nSPS) is 15.5. The molecule has 0 spiro atoms. The van der Waals surface area contributed by atoms with Crippen molar-refractivity contribution in [3.8, 4) is 0 Å². The number of unbranched alkanes of at least 4 members (excludes halogenated alkanes) is 8. The van der Waals surface area contributed by atoms with Gasteiger partial charge in [-0.1, -0.05) is 107 Å². The monoisotopic (exact) mass is 640 g/mol. The minimum atomic E-state index is -4.55. The number of hydrogen-bond donors (Lipinski definition) is 2. The second-order valence-corrected chi connectivity index (χ2v) is 13.9. The van der Waals surface area contributed by atoms with Crippen LogP contribution in [0, 0.1) is 0 Å². The van der Waals surface area contributed by atoms with E-state index in [1.54, 1.807) is 0 Å². The van der Waals surface area contributed by atoms with Gasteiger partial charge >= 0.3 is 0 Å². The van der Waals surface area contributed by atoms with Crippen LogP contribution >= 0.6 is 7.82 Å². The predicted octanol–water partition coefficient (Wildman–Crippen LogP) is 7.55. The van der Waals surface area contributed by atoms with E-state index < -0.39 is 20.0 Å². The molecule has 0 saturated heterocycles. The van der Waals surface area contributed by atoms with Crippen LogP contribution in [0.2, 0.25) is 0 Å². The van der Waals surface area contributed by atoms with Gasteiger partial charge < -0.3 is 28.8 Å². The van der Waals surface area contributed by atoms with Crippen LogP contribution in [0.5, 0.6) is 0 Å². The molecular formula is C35H65N2O6P. The van der Waals surface area contributed by atoms with Gasteiger partial charge in [0.15, 0.2) is 0 Å². The lowest BCUT2D eigenvalue weighted by Gasteiger charge is -2.30. The summed E-state index contributed by atoms with van der Waals surface area (Å²) >= 11 is 0. The topological polar surface area (TPSA) is 108 Å². The van der Waals surface area contributed by atoms with E-state index in [-0.39, 0.29) is 19.1 Å². The van der Waals surface area contributed by atoms with Crippen molar-refractivity contribution < 1.29 is 32.9 Å². The van der Waals surface area contributed by atoms with E-state index in [1.807, 2.05) is 21.1 Å². The summed E-state index contributed by atoms with van der Waals surface area (Å²) in [5.41, 5.74) is 0. The number of nitrogens with one attached hydrogen (secondary N) is 1. The molecular weight excluding hydrogens is 575 g/mol. The summed E-state index contributed by atoms with van der Waals surface area (Å²) in [5.74, 6) is -0.200. The van der Waals surface area contributed by atoms with Crippen molar-refractivity contribution in [3.05, 3.63) is 48.6 Å². The van der Waals surface area contributed by atoms with Crippen LogP contribution in [0.1, 0.15) is 117 Å². The first-order chi connectivity index (χ1) is 21.0. The third-order valence-corrected chi connectivity index (χ3v) is 8.05. The van der Waals surface area contributed by atoms with Crippen molar-refractivity contribution in [2.45, 2.75) is 129 Å². The molecule has 3 atom stereocenters. The summed E-state index contributed by atoms with van der Waals surface area (Å²) in [6.45, 7) is 4.45. The Hall–Kier alpha value is -1.54. The van der Waals surface area contributed by atoms with Gasteiger partial charge in [0, 0.05) is 6.42 Å². The van der Waals surface area contributed by atoms with Crippen molar-refractivity contribution in [3.63, 3.8) is 0 Å². The zero-order valence-corrected chi connectivity index (χ0v) is 29.5. The Bertz CT molecular complexity index is 866. The average Bonchev–Trinajstić information content (AvgIpc) is 2.95. The molecule has 0 aliphatic carbocycles. The first kappa shape index (κ1) is 42.5. The third-order valence-electron chi connectivity index (χ3n) is 7.08. The van der Waals surface area contributed by atoms with Crippen LogP contribution in [0.3, 0.4) is 0 Å². The molecule has 0 fully saturated rings. The summed E-state index contributed by atoms with van der Waals surface area (Å²) in [7, 11) is 1.27. The van der Waals surface area contributed by atoms with Gasteiger partial charge in [-0.25, -0.2) is 0 Å². The lowest BCUT2D eigenvalue weighted by atomic mass is 10.0. The molecule has 0 bridgehead atoms. The second-order valence-electron chi connectivity index (χ2n) is 12.5. The van der Waals surface area contributed by atoms with Crippen LogP contribution in [-0.4, -0.2) is 68.5 Å². The number of phosphoric acid groups is 1. The van der Waals surface area contributed by atoms with E-state index >= 15 is 0 Å². The van der Waals surface area contributed by atoms with Crippen LogP contribution in [0.15, 0.2) is 48.6 Å². The maximum absolute atomic E-state index is 12.7. The second kappa shape index (κ2) is 27.7. The highest BCUT2D eigenvalue weighted by Gasteiger charge is 2.24. The van der Waals surface area contributed by atoms with Gasteiger partial charge in [-0.3, -0.25) is 9.36 Å². The molecule has 2 N–H and O–H groups in total. The van der Waals surface area contributed by atoms with Crippen LogP contribution in [0.25, 0.3) is 0 Å². The standard InChI is InChI=1S/C35H65N2O6P/c1-6-8-10-12-13-14-15-16-17-18-19-20-21-22-23-25-27-29-35(39)36-33(34(38)28-26-24-11-9-7-2)32-43-44(40,41)42-31-30-37(3,4)5/h8,10,13-14,16-17,19-20,33-34,38H,6-7,9,11-12,15,18,21-32H2,1-5H3,(H-,36,39,40,41)/b10-8-,14-13-,17-16-,20-19-. The van der Waals surface area contributed by atoms with Gasteiger partial charge in [-0.2, -0.15) is 0 Å². The van der Waals surface area contributed by atoms with Gasteiger partial charge in [0.2, 0.25) is 5.91 Å². The Morgan fingerprint density at radius 2 is 1.39 bits per heavy atom. The van der Waals surface area contributed by atoms with Crippen molar-refractivity contribution in [2.75, 3.05) is 40.9 Å². The Morgan fingerprint density at radius 1 is 0.818 bits per heavy atom. The van der Waals surface area contributed by atoms with E-state index in [2.05, 4.69) is 67.8 Å². The molecule has 0 rings (SSSR count). The van der Waals surface area contributed by atoms with Crippen LogP contribution in [-0.2, 0) is 18.4 Å². The van der Waals surface area contributed by atoms with Crippen molar-refractivity contribution in [1.82, 2.24) is 5.32 Å². The summed E-state index contributed by atoms with van der Waals surface area (Å²) in [5, 5.41) is 13.6. The number of rotatable bonds is 29. The Labute approximate surface area is 269 Å². The molecule has 44 heavy (non-hydrogen) atoms. The molecule has 0 aromatic rings. The van der Waals surface area contributed by atoms with Crippen molar-refractivity contribution >= 4 is 13.7 Å². The van der Waals surface area contributed by atoms with Gasteiger partial charge in [0.1, 0.15) is 13.2 Å². The third kappa shape index (κ3) is 29.2. The molecule has 1 amide bonds. The fourth-order valence-electron chi connectivity index (χ4n) is 4.32. The number of amides is 1. The Kier molecular flexibility index (Phi) is 26.8. The average molecular weight is 641 g/mol. The number of aliphatic hydroxyl groups excluding tert-OH is 1. The number of aliphatic hydroxyl groups is 1. The summed E-state index contributed by atoms with van der Waals surface area (Å²) in [6, 6.07) is -0.809. The summed E-state index contributed by atoms with van der Waals surface area (Å²) in [6.07, 6.45) is 31.5. The number of allylic oxidation sites excluding steroid dienone is 8. The maximum Gasteiger partial charge on any atom is 0.268 e. The molecule has 0 radical (unpaired) electrons. The number of phosphoric ester groups is 1. The van der Waals surface area contributed by atoms with E-state index in [0.29, 0.717) is 23.9 Å². The minimum absolute atomic E-state index is 0.00354. The Morgan fingerprint density at radius 3 is 2.00 bits per heavy atom. The molecule has 0 aliphatic rings. The number of carbonyl (C=O) groups is 1. The fraction of sp³-hybridized carbons (Fsp3) is 0.743. The lowest BCUT2D eigenvalue weighted by molar-refractivity contribution is -0.870. The van der Waals surface area contributed by atoms with Gasteiger partial charge in [0.05, 0.1) is 39.9 Å². The lowest BCUT2D eigenvalue weighted by Crippen LogP contribution is -2.46. The molecule has 0 aromatic heterocycles.